The monoisotopic (exact) mass is 408 g/mol. The van der Waals surface area contributed by atoms with Crippen molar-refractivity contribution in [3.05, 3.63) is 77.1 Å². The van der Waals surface area contributed by atoms with E-state index in [0.717, 1.165) is 30.0 Å². The van der Waals surface area contributed by atoms with E-state index in [1.54, 1.807) is 6.20 Å². The maximum atomic E-state index is 13.3. The van der Waals surface area contributed by atoms with Crippen LogP contribution in [0.1, 0.15) is 42.2 Å². The fourth-order valence-corrected chi connectivity index (χ4v) is 4.00. The average molecular weight is 409 g/mol. The molecule has 150 valence electrons. The lowest BCUT2D eigenvalue weighted by Gasteiger charge is -2.19. The summed E-state index contributed by atoms with van der Waals surface area (Å²) in [6.45, 7) is 5.61. The zero-order chi connectivity index (χ0) is 20.4. The quantitative estimate of drug-likeness (QED) is 0.648. The van der Waals surface area contributed by atoms with Gasteiger partial charge in [-0.3, -0.25) is 4.79 Å². The Morgan fingerprint density at radius 2 is 1.86 bits per heavy atom. The summed E-state index contributed by atoms with van der Waals surface area (Å²) >= 11 is 6.02. The zero-order valence-corrected chi connectivity index (χ0v) is 17.4. The summed E-state index contributed by atoms with van der Waals surface area (Å²) in [5.74, 6) is 0.208. The van der Waals surface area contributed by atoms with Crippen molar-refractivity contribution in [3.8, 4) is 5.69 Å². The molecule has 0 spiro atoms. The number of rotatable bonds is 5. The van der Waals surface area contributed by atoms with Crippen LogP contribution in [0.15, 0.2) is 60.8 Å². The number of para-hydroxylation sites is 1. The molecule has 3 aromatic rings. The average Bonchev–Trinajstić information content (AvgIpc) is 3.36. The van der Waals surface area contributed by atoms with E-state index in [1.165, 1.54) is 0 Å². The minimum Gasteiger partial charge on any atom is -0.380 e. The number of hydrogen-bond donors (Lipinski definition) is 1. The first-order valence-corrected chi connectivity index (χ1v) is 10.4. The van der Waals surface area contributed by atoms with Gasteiger partial charge in [0.2, 0.25) is 0 Å². The predicted octanol–water partition coefficient (Wildman–Crippen LogP) is 4.98. The molecule has 1 N–H and O–H groups in total. The number of anilines is 1. The highest BCUT2D eigenvalue weighted by Crippen LogP contribution is 2.26. The summed E-state index contributed by atoms with van der Waals surface area (Å²) in [5.41, 5.74) is 3.60. The Bertz CT molecular complexity index is 982. The van der Waals surface area contributed by atoms with Gasteiger partial charge in [-0.2, -0.15) is 5.10 Å². The fourth-order valence-electron chi connectivity index (χ4n) is 3.87. The van der Waals surface area contributed by atoms with Crippen LogP contribution < -0.4 is 5.32 Å². The number of benzene rings is 2. The second-order valence-electron chi connectivity index (χ2n) is 7.73. The van der Waals surface area contributed by atoms with Gasteiger partial charge in [0.25, 0.3) is 5.91 Å². The molecule has 1 amide bonds. The standard InChI is InChI=1S/C23H25ClN4O/c1-16(2)22-21(14-25-28(22)20-10-8-17(24)9-11-20)23(29)27-13-12-19(15-27)26-18-6-4-3-5-7-18/h3-11,14,16,19,26H,12-13,15H2,1-2H3. The lowest BCUT2D eigenvalue weighted by molar-refractivity contribution is 0.0790. The minimum atomic E-state index is 0.0475. The Labute approximate surface area is 176 Å². The van der Waals surface area contributed by atoms with Crippen LogP contribution in [0, 0.1) is 0 Å². The maximum Gasteiger partial charge on any atom is 0.257 e. The molecule has 2 aromatic carbocycles. The van der Waals surface area contributed by atoms with E-state index in [2.05, 4.69) is 36.4 Å². The second-order valence-corrected chi connectivity index (χ2v) is 8.17. The van der Waals surface area contributed by atoms with Crippen LogP contribution in [0.2, 0.25) is 5.02 Å². The predicted molar refractivity (Wildman–Crippen MR) is 117 cm³/mol. The van der Waals surface area contributed by atoms with Gasteiger partial charge in [0, 0.05) is 29.8 Å². The molecule has 1 atom stereocenters. The van der Waals surface area contributed by atoms with Crippen molar-refractivity contribution < 1.29 is 4.79 Å². The fraction of sp³-hybridized carbons (Fsp3) is 0.304. The van der Waals surface area contributed by atoms with Crippen molar-refractivity contribution in [2.75, 3.05) is 18.4 Å². The third-order valence-electron chi connectivity index (χ3n) is 5.27. The van der Waals surface area contributed by atoms with Gasteiger partial charge in [0.15, 0.2) is 0 Å². The highest BCUT2D eigenvalue weighted by atomic mass is 35.5. The number of carbonyl (C=O) groups excluding carboxylic acids is 1. The summed E-state index contributed by atoms with van der Waals surface area (Å²) in [6.07, 6.45) is 2.63. The highest BCUT2D eigenvalue weighted by Gasteiger charge is 2.30. The third kappa shape index (κ3) is 4.15. The summed E-state index contributed by atoms with van der Waals surface area (Å²) < 4.78 is 1.85. The first kappa shape index (κ1) is 19.5. The molecule has 4 rings (SSSR count). The number of halogens is 1. The number of amides is 1. The van der Waals surface area contributed by atoms with Crippen LogP contribution in [-0.4, -0.2) is 39.7 Å². The summed E-state index contributed by atoms with van der Waals surface area (Å²) in [6, 6.07) is 17.9. The van der Waals surface area contributed by atoms with Crippen LogP contribution in [-0.2, 0) is 0 Å². The van der Waals surface area contributed by atoms with Crippen molar-refractivity contribution >= 4 is 23.2 Å². The van der Waals surface area contributed by atoms with Crippen molar-refractivity contribution in [3.63, 3.8) is 0 Å². The number of nitrogens with one attached hydrogen (secondary N) is 1. The molecular weight excluding hydrogens is 384 g/mol. The number of likely N-dealkylation sites (tertiary alicyclic amines) is 1. The molecule has 0 radical (unpaired) electrons. The van der Waals surface area contributed by atoms with E-state index in [4.69, 9.17) is 11.6 Å². The molecule has 0 aliphatic carbocycles. The smallest absolute Gasteiger partial charge is 0.257 e. The Balaban J connectivity index is 1.54. The lowest BCUT2D eigenvalue weighted by Crippen LogP contribution is -2.32. The normalized spacial score (nSPS) is 16.4. The molecule has 1 aliphatic rings. The Kier molecular flexibility index (Phi) is 5.58. The minimum absolute atomic E-state index is 0.0475. The van der Waals surface area contributed by atoms with Crippen LogP contribution in [0.4, 0.5) is 5.69 Å². The van der Waals surface area contributed by atoms with E-state index in [9.17, 15) is 4.79 Å². The first-order valence-electron chi connectivity index (χ1n) is 9.97. The van der Waals surface area contributed by atoms with Crippen molar-refractivity contribution in [1.82, 2.24) is 14.7 Å². The van der Waals surface area contributed by atoms with E-state index < -0.39 is 0 Å². The molecule has 5 nitrogen and oxygen atoms in total. The molecule has 1 aromatic heterocycles. The van der Waals surface area contributed by atoms with Crippen LogP contribution >= 0.6 is 11.6 Å². The molecule has 2 heterocycles. The number of carbonyl (C=O) groups is 1. The van der Waals surface area contributed by atoms with Gasteiger partial charge >= 0.3 is 0 Å². The molecule has 0 bridgehead atoms. The largest absolute Gasteiger partial charge is 0.380 e. The summed E-state index contributed by atoms with van der Waals surface area (Å²) in [7, 11) is 0. The van der Waals surface area contributed by atoms with Crippen molar-refractivity contribution in [2.24, 2.45) is 0 Å². The van der Waals surface area contributed by atoms with Crippen LogP contribution in [0.5, 0.6) is 0 Å². The van der Waals surface area contributed by atoms with E-state index in [1.807, 2.05) is 52.0 Å². The van der Waals surface area contributed by atoms with Crippen molar-refractivity contribution in [2.45, 2.75) is 32.2 Å². The Hall–Kier alpha value is -2.79. The molecule has 1 saturated heterocycles. The number of nitrogens with zero attached hydrogens (tertiary/aromatic N) is 3. The van der Waals surface area contributed by atoms with Gasteiger partial charge < -0.3 is 10.2 Å². The highest BCUT2D eigenvalue weighted by molar-refractivity contribution is 6.30. The summed E-state index contributed by atoms with van der Waals surface area (Å²) in [4.78, 5) is 15.2. The Morgan fingerprint density at radius 3 is 2.55 bits per heavy atom. The summed E-state index contributed by atoms with van der Waals surface area (Å²) in [5, 5.41) is 8.73. The second kappa shape index (κ2) is 8.29. The Morgan fingerprint density at radius 1 is 1.14 bits per heavy atom. The van der Waals surface area contributed by atoms with Gasteiger partial charge in [0.05, 0.1) is 23.1 Å². The van der Waals surface area contributed by atoms with Crippen LogP contribution in [0.25, 0.3) is 5.69 Å². The third-order valence-corrected chi connectivity index (χ3v) is 5.53. The molecule has 1 fully saturated rings. The van der Waals surface area contributed by atoms with Gasteiger partial charge in [-0.1, -0.05) is 43.6 Å². The lowest BCUT2D eigenvalue weighted by atomic mass is 10.0. The topological polar surface area (TPSA) is 50.2 Å². The molecular formula is C23H25ClN4O. The van der Waals surface area contributed by atoms with Gasteiger partial charge in [-0.25, -0.2) is 4.68 Å². The molecule has 0 saturated carbocycles. The van der Waals surface area contributed by atoms with E-state index in [0.29, 0.717) is 17.1 Å². The molecule has 29 heavy (non-hydrogen) atoms. The zero-order valence-electron chi connectivity index (χ0n) is 16.7. The molecule has 1 aliphatic heterocycles. The SMILES string of the molecule is CC(C)c1c(C(=O)N2CCC(Nc3ccccc3)C2)cnn1-c1ccc(Cl)cc1. The number of aromatic nitrogens is 2. The first-order chi connectivity index (χ1) is 14.0. The van der Waals surface area contributed by atoms with Gasteiger partial charge in [0.1, 0.15) is 0 Å². The van der Waals surface area contributed by atoms with Crippen molar-refractivity contribution in [1.29, 1.82) is 0 Å². The molecule has 6 heteroatoms. The number of hydrogen-bond acceptors (Lipinski definition) is 3. The maximum absolute atomic E-state index is 13.3. The van der Waals surface area contributed by atoms with E-state index in [-0.39, 0.29) is 17.9 Å². The van der Waals surface area contributed by atoms with E-state index >= 15 is 0 Å². The van der Waals surface area contributed by atoms with Gasteiger partial charge in [-0.05, 0) is 48.7 Å². The molecule has 1 unspecified atom stereocenters. The van der Waals surface area contributed by atoms with Gasteiger partial charge in [-0.15, -0.1) is 0 Å². The van der Waals surface area contributed by atoms with Crippen LogP contribution in [0.3, 0.4) is 0 Å².